The molecular weight excluding hydrogens is 396 g/mol. The molecule has 0 fully saturated rings. The topological polar surface area (TPSA) is 103 Å². The smallest absolute Gasteiger partial charge is 0.340 e. The van der Waals surface area contributed by atoms with Crippen LogP contribution in [0.3, 0.4) is 0 Å². The van der Waals surface area contributed by atoms with Crippen molar-refractivity contribution in [1.82, 2.24) is 14.8 Å². The highest BCUT2D eigenvalue weighted by Crippen LogP contribution is 2.19. The van der Waals surface area contributed by atoms with Gasteiger partial charge in [0.25, 0.3) is 0 Å². The number of Topliss-reactive ketones (excluding diaryl/α,β-unsaturated/α-hetero) is 1. The molecule has 0 saturated carbocycles. The molecule has 1 amide bonds. The van der Waals surface area contributed by atoms with E-state index in [9.17, 15) is 14.4 Å². The predicted molar refractivity (Wildman–Crippen MR) is 117 cm³/mol. The van der Waals surface area contributed by atoms with Crippen molar-refractivity contribution in [1.29, 1.82) is 0 Å². The summed E-state index contributed by atoms with van der Waals surface area (Å²) in [6, 6.07) is 8.25. The first kappa shape index (κ1) is 22.1. The summed E-state index contributed by atoms with van der Waals surface area (Å²) in [5.41, 5.74) is 1.39. The number of ketones is 1. The number of pyridine rings is 1. The Kier molecular flexibility index (Phi) is 6.19. The lowest BCUT2D eigenvalue weighted by molar-refractivity contribution is -0.123. The fraction of sp³-hybridized carbons (Fsp3) is 0.348. The fourth-order valence-corrected chi connectivity index (χ4v) is 2.79. The van der Waals surface area contributed by atoms with Gasteiger partial charge in [0.1, 0.15) is 0 Å². The second-order valence-electron chi connectivity index (χ2n) is 8.60. The first-order valence-electron chi connectivity index (χ1n) is 10.0. The third-order valence-electron chi connectivity index (χ3n) is 4.64. The number of nitrogens with zero attached hydrogens (tertiary/aromatic N) is 3. The summed E-state index contributed by atoms with van der Waals surface area (Å²) < 4.78 is 6.93. The standard InChI is InChI=1S/C23H26N4O4/c1-14(2)27-20-16(12-25-27)10-17(11-24-20)21(29)31-13-19(28)15-6-8-18(9-7-15)26-22(30)23(3,4)5/h6-12,14H,13H2,1-5H3,(H,26,30). The molecule has 2 aromatic heterocycles. The summed E-state index contributed by atoms with van der Waals surface area (Å²) in [4.78, 5) is 41.1. The van der Waals surface area contributed by atoms with Gasteiger partial charge in [0.2, 0.25) is 5.91 Å². The van der Waals surface area contributed by atoms with Crippen molar-refractivity contribution in [2.75, 3.05) is 11.9 Å². The van der Waals surface area contributed by atoms with E-state index in [0.717, 1.165) is 5.39 Å². The van der Waals surface area contributed by atoms with Crippen LogP contribution < -0.4 is 5.32 Å². The highest BCUT2D eigenvalue weighted by molar-refractivity contribution is 6.00. The van der Waals surface area contributed by atoms with Gasteiger partial charge in [-0.2, -0.15) is 5.10 Å². The van der Waals surface area contributed by atoms with E-state index in [1.54, 1.807) is 41.2 Å². The molecule has 31 heavy (non-hydrogen) atoms. The first-order chi connectivity index (χ1) is 14.6. The van der Waals surface area contributed by atoms with Crippen molar-refractivity contribution in [3.8, 4) is 0 Å². The van der Waals surface area contributed by atoms with Gasteiger partial charge in [-0.25, -0.2) is 14.5 Å². The van der Waals surface area contributed by atoms with E-state index in [-0.39, 0.29) is 23.3 Å². The zero-order valence-electron chi connectivity index (χ0n) is 18.3. The number of benzene rings is 1. The maximum absolute atomic E-state index is 12.4. The van der Waals surface area contributed by atoms with E-state index in [1.165, 1.54) is 6.20 Å². The molecule has 0 saturated heterocycles. The summed E-state index contributed by atoms with van der Waals surface area (Å²) in [5, 5.41) is 7.79. The molecule has 8 nitrogen and oxygen atoms in total. The van der Waals surface area contributed by atoms with Crippen molar-refractivity contribution in [3.05, 3.63) is 53.9 Å². The van der Waals surface area contributed by atoms with Crippen molar-refractivity contribution in [2.24, 2.45) is 5.41 Å². The minimum atomic E-state index is -0.630. The van der Waals surface area contributed by atoms with Gasteiger partial charge in [0.05, 0.1) is 11.8 Å². The van der Waals surface area contributed by atoms with Gasteiger partial charge in [-0.05, 0) is 44.2 Å². The van der Waals surface area contributed by atoms with E-state index in [2.05, 4.69) is 15.4 Å². The number of anilines is 1. The third-order valence-corrected chi connectivity index (χ3v) is 4.64. The lowest BCUT2D eigenvalue weighted by Gasteiger charge is -2.17. The van der Waals surface area contributed by atoms with Crippen LogP contribution in [0.5, 0.6) is 0 Å². The lowest BCUT2D eigenvalue weighted by atomic mass is 9.95. The van der Waals surface area contributed by atoms with Crippen LogP contribution in [0.2, 0.25) is 0 Å². The molecule has 0 spiro atoms. The fourth-order valence-electron chi connectivity index (χ4n) is 2.79. The number of carbonyl (C=O) groups is 3. The van der Waals surface area contributed by atoms with Crippen LogP contribution in [0, 0.1) is 5.41 Å². The number of fused-ring (bicyclic) bond motifs is 1. The molecule has 0 aliphatic carbocycles. The third kappa shape index (κ3) is 5.14. The van der Waals surface area contributed by atoms with Gasteiger partial charge < -0.3 is 10.1 Å². The van der Waals surface area contributed by atoms with Gasteiger partial charge in [-0.3, -0.25) is 9.59 Å². The highest BCUT2D eigenvalue weighted by atomic mass is 16.5. The van der Waals surface area contributed by atoms with Crippen LogP contribution in [0.15, 0.2) is 42.7 Å². The van der Waals surface area contributed by atoms with Crippen molar-refractivity contribution < 1.29 is 19.1 Å². The lowest BCUT2D eigenvalue weighted by Crippen LogP contribution is -2.27. The second-order valence-corrected chi connectivity index (χ2v) is 8.60. The normalized spacial score (nSPS) is 11.5. The highest BCUT2D eigenvalue weighted by Gasteiger charge is 2.21. The zero-order valence-corrected chi connectivity index (χ0v) is 18.3. The summed E-state index contributed by atoms with van der Waals surface area (Å²) in [6.45, 7) is 9.05. The second kappa shape index (κ2) is 8.67. The molecule has 0 bridgehead atoms. The number of aromatic nitrogens is 3. The minimum absolute atomic E-state index is 0.120. The van der Waals surface area contributed by atoms with Gasteiger partial charge in [-0.15, -0.1) is 0 Å². The molecule has 0 aliphatic heterocycles. The molecule has 0 radical (unpaired) electrons. The number of esters is 1. The number of rotatable bonds is 6. The van der Waals surface area contributed by atoms with E-state index >= 15 is 0 Å². The van der Waals surface area contributed by atoms with Crippen LogP contribution >= 0.6 is 0 Å². The molecule has 3 aromatic rings. The molecule has 1 aromatic carbocycles. The van der Waals surface area contributed by atoms with Crippen LogP contribution in [-0.2, 0) is 9.53 Å². The van der Waals surface area contributed by atoms with E-state index in [0.29, 0.717) is 16.9 Å². The van der Waals surface area contributed by atoms with Gasteiger partial charge >= 0.3 is 5.97 Å². The minimum Gasteiger partial charge on any atom is -0.454 e. The van der Waals surface area contributed by atoms with Crippen molar-refractivity contribution in [3.63, 3.8) is 0 Å². The number of carbonyl (C=O) groups excluding carboxylic acids is 3. The maximum atomic E-state index is 12.4. The van der Waals surface area contributed by atoms with Crippen LogP contribution in [0.25, 0.3) is 11.0 Å². The molecule has 3 rings (SSSR count). The molecule has 0 atom stereocenters. The van der Waals surface area contributed by atoms with Gasteiger partial charge in [0.15, 0.2) is 18.0 Å². The molecule has 0 unspecified atom stereocenters. The average molecular weight is 422 g/mol. The Balaban J connectivity index is 1.60. The van der Waals surface area contributed by atoms with Crippen molar-refractivity contribution >= 4 is 34.4 Å². The Labute approximate surface area is 180 Å². The molecule has 0 aliphatic rings. The zero-order chi connectivity index (χ0) is 22.8. The van der Waals surface area contributed by atoms with Gasteiger partial charge in [0, 0.05) is 34.3 Å². The Bertz CT molecular complexity index is 1120. The number of hydrogen-bond acceptors (Lipinski definition) is 6. The summed E-state index contributed by atoms with van der Waals surface area (Å²) >= 11 is 0. The molecule has 2 heterocycles. The number of ether oxygens (including phenoxy) is 1. The predicted octanol–water partition coefficient (Wildman–Crippen LogP) is 4.04. The first-order valence-corrected chi connectivity index (χ1v) is 10.0. The van der Waals surface area contributed by atoms with Crippen LogP contribution in [-0.4, -0.2) is 39.0 Å². The Hall–Kier alpha value is -3.55. The molecular formula is C23H26N4O4. The number of hydrogen-bond donors (Lipinski definition) is 1. The Morgan fingerprint density at radius 1 is 1.06 bits per heavy atom. The monoisotopic (exact) mass is 422 g/mol. The summed E-state index contributed by atoms with van der Waals surface area (Å²) in [7, 11) is 0. The summed E-state index contributed by atoms with van der Waals surface area (Å²) in [6.07, 6.45) is 3.06. The SMILES string of the molecule is CC(C)n1ncc2cc(C(=O)OCC(=O)c3ccc(NC(=O)C(C)(C)C)cc3)cnc21. The Morgan fingerprint density at radius 2 is 1.74 bits per heavy atom. The summed E-state index contributed by atoms with van der Waals surface area (Å²) in [5.74, 6) is -1.09. The van der Waals surface area contributed by atoms with E-state index < -0.39 is 18.0 Å². The van der Waals surface area contributed by atoms with E-state index in [4.69, 9.17) is 4.74 Å². The average Bonchev–Trinajstić information content (AvgIpc) is 3.15. The molecule has 8 heteroatoms. The Morgan fingerprint density at radius 3 is 2.35 bits per heavy atom. The van der Waals surface area contributed by atoms with Crippen molar-refractivity contribution in [2.45, 2.75) is 40.7 Å². The number of nitrogens with one attached hydrogen (secondary N) is 1. The van der Waals surface area contributed by atoms with Crippen LogP contribution in [0.1, 0.15) is 61.4 Å². The largest absolute Gasteiger partial charge is 0.454 e. The number of amides is 1. The quantitative estimate of drug-likeness (QED) is 0.475. The maximum Gasteiger partial charge on any atom is 0.340 e. The van der Waals surface area contributed by atoms with Crippen LogP contribution in [0.4, 0.5) is 5.69 Å². The van der Waals surface area contributed by atoms with E-state index in [1.807, 2.05) is 34.6 Å². The van der Waals surface area contributed by atoms with Gasteiger partial charge in [-0.1, -0.05) is 20.8 Å². The molecule has 162 valence electrons. The molecule has 1 N–H and O–H groups in total.